The molecule has 0 saturated carbocycles. The highest BCUT2D eigenvalue weighted by Crippen LogP contribution is 2.26. The number of rotatable bonds is 2. The van der Waals surface area contributed by atoms with E-state index in [4.69, 9.17) is 4.74 Å². The van der Waals surface area contributed by atoms with E-state index in [2.05, 4.69) is 15.5 Å². The quantitative estimate of drug-likeness (QED) is 0.779. The Bertz CT molecular complexity index is 314. The fourth-order valence-corrected chi connectivity index (χ4v) is 3.39. The number of morpholine rings is 1. The predicted molar refractivity (Wildman–Crippen MR) is 82.9 cm³/mol. The number of nitrogens with one attached hydrogen (secondary N) is 2. The van der Waals surface area contributed by atoms with E-state index in [0.717, 1.165) is 25.9 Å². The van der Waals surface area contributed by atoms with Gasteiger partial charge in [-0.15, -0.1) is 24.8 Å². The Morgan fingerprint density at radius 1 is 1.25 bits per heavy atom. The normalized spacial score (nSPS) is 33.5. The summed E-state index contributed by atoms with van der Waals surface area (Å²) in [5.74, 6) is 0.117. The number of ether oxygens (including phenoxy) is 1. The van der Waals surface area contributed by atoms with Crippen LogP contribution in [0.1, 0.15) is 25.7 Å². The van der Waals surface area contributed by atoms with Gasteiger partial charge in [0.1, 0.15) is 6.04 Å². The van der Waals surface area contributed by atoms with Gasteiger partial charge in [0, 0.05) is 25.2 Å². The summed E-state index contributed by atoms with van der Waals surface area (Å²) in [5, 5.41) is 6.40. The second-order valence-corrected chi connectivity index (χ2v) is 5.64. The van der Waals surface area contributed by atoms with Crippen molar-refractivity contribution in [3.63, 3.8) is 0 Å². The van der Waals surface area contributed by atoms with Crippen LogP contribution >= 0.6 is 24.8 Å². The number of hydrogen-bond donors (Lipinski definition) is 2. The summed E-state index contributed by atoms with van der Waals surface area (Å²) < 4.78 is 5.33. The van der Waals surface area contributed by atoms with Crippen molar-refractivity contribution in [3.05, 3.63) is 0 Å². The van der Waals surface area contributed by atoms with Crippen LogP contribution in [0.3, 0.4) is 0 Å². The van der Waals surface area contributed by atoms with Gasteiger partial charge in [-0.25, -0.2) is 0 Å². The average Bonchev–Trinajstić information content (AvgIpc) is 2.87. The number of amides is 1. The molecule has 3 heterocycles. The molecule has 0 radical (unpaired) electrons. The summed E-state index contributed by atoms with van der Waals surface area (Å²) in [5.41, 5.74) is 0. The predicted octanol–water partition coefficient (Wildman–Crippen LogP) is 0.561. The van der Waals surface area contributed by atoms with Crippen molar-refractivity contribution in [1.82, 2.24) is 15.5 Å². The number of piperidine rings is 1. The monoisotopic (exact) mass is 325 g/mol. The van der Waals surface area contributed by atoms with E-state index < -0.39 is 0 Å². The first-order valence-corrected chi connectivity index (χ1v) is 7.18. The topological polar surface area (TPSA) is 53.6 Å². The lowest BCUT2D eigenvalue weighted by atomic mass is 9.97. The molecule has 2 N–H and O–H groups in total. The summed E-state index contributed by atoms with van der Waals surface area (Å²) >= 11 is 0. The molecule has 0 aliphatic carbocycles. The molecule has 3 saturated heterocycles. The van der Waals surface area contributed by atoms with Crippen LogP contribution in [0.5, 0.6) is 0 Å². The molecule has 7 heteroatoms. The highest BCUT2D eigenvalue weighted by Gasteiger charge is 2.33. The average molecular weight is 326 g/mol. The molecule has 0 aromatic rings. The maximum Gasteiger partial charge on any atom is 0.239 e. The zero-order valence-corrected chi connectivity index (χ0v) is 13.3. The fraction of sp³-hybridized carbons (Fsp3) is 0.923. The van der Waals surface area contributed by atoms with Crippen LogP contribution in [0, 0.1) is 0 Å². The molecule has 20 heavy (non-hydrogen) atoms. The van der Waals surface area contributed by atoms with Gasteiger partial charge < -0.3 is 20.3 Å². The SMILES string of the molecule is Cl.Cl.O=C(NC1CCN2CCCC2C1)C1COCCN1. The Hall–Kier alpha value is -0.0700. The first kappa shape index (κ1) is 18.0. The molecule has 3 fully saturated rings. The second kappa shape index (κ2) is 8.39. The van der Waals surface area contributed by atoms with Gasteiger partial charge in [-0.05, 0) is 32.2 Å². The number of halogens is 2. The fourth-order valence-electron chi connectivity index (χ4n) is 3.39. The van der Waals surface area contributed by atoms with Crippen LogP contribution in [0.4, 0.5) is 0 Å². The van der Waals surface area contributed by atoms with Gasteiger partial charge in [0.05, 0.1) is 13.2 Å². The van der Waals surface area contributed by atoms with Crippen LogP contribution in [-0.4, -0.2) is 61.8 Å². The molecule has 0 bridgehead atoms. The van der Waals surface area contributed by atoms with Crippen molar-refractivity contribution in [2.24, 2.45) is 0 Å². The Morgan fingerprint density at radius 3 is 2.85 bits per heavy atom. The largest absolute Gasteiger partial charge is 0.378 e. The number of hydrogen-bond acceptors (Lipinski definition) is 4. The van der Waals surface area contributed by atoms with Crippen LogP contribution in [0.2, 0.25) is 0 Å². The molecule has 1 amide bonds. The first-order valence-electron chi connectivity index (χ1n) is 7.18. The molecule has 118 valence electrons. The molecule has 3 atom stereocenters. The standard InChI is InChI=1S/C13H23N3O2.2ClH/c17-13(12-9-18-7-4-14-12)15-10-3-6-16-5-1-2-11(16)8-10;;/h10-12,14H,1-9H2,(H,15,17);2*1H. The number of carbonyl (C=O) groups is 1. The zero-order chi connectivity index (χ0) is 12.4. The minimum absolute atomic E-state index is 0. The minimum Gasteiger partial charge on any atom is -0.378 e. The van der Waals surface area contributed by atoms with Gasteiger partial charge in [-0.2, -0.15) is 0 Å². The third-order valence-corrected chi connectivity index (χ3v) is 4.40. The molecule has 3 rings (SSSR count). The summed E-state index contributed by atoms with van der Waals surface area (Å²) in [6, 6.07) is 0.917. The lowest BCUT2D eigenvalue weighted by molar-refractivity contribution is -0.127. The lowest BCUT2D eigenvalue weighted by Crippen LogP contribution is -2.55. The molecule has 0 aromatic heterocycles. The smallest absolute Gasteiger partial charge is 0.239 e. The molecule has 3 aliphatic heterocycles. The third kappa shape index (κ3) is 4.21. The number of fused-ring (bicyclic) bond motifs is 1. The van der Waals surface area contributed by atoms with E-state index in [-0.39, 0.29) is 36.8 Å². The number of nitrogens with zero attached hydrogens (tertiary/aromatic N) is 1. The number of carbonyl (C=O) groups excluding carboxylic acids is 1. The lowest BCUT2D eigenvalue weighted by Gasteiger charge is -2.36. The van der Waals surface area contributed by atoms with Crippen molar-refractivity contribution < 1.29 is 9.53 Å². The van der Waals surface area contributed by atoms with Crippen molar-refractivity contribution >= 4 is 30.7 Å². The van der Waals surface area contributed by atoms with Gasteiger partial charge in [0.25, 0.3) is 0 Å². The van der Waals surface area contributed by atoms with Crippen LogP contribution < -0.4 is 10.6 Å². The molecule has 0 aromatic carbocycles. The van der Waals surface area contributed by atoms with Gasteiger partial charge in [-0.1, -0.05) is 0 Å². The van der Waals surface area contributed by atoms with Crippen LogP contribution in [-0.2, 0) is 9.53 Å². The maximum atomic E-state index is 12.1. The maximum absolute atomic E-state index is 12.1. The molecule has 0 spiro atoms. The van der Waals surface area contributed by atoms with E-state index in [9.17, 15) is 4.79 Å². The van der Waals surface area contributed by atoms with Crippen molar-refractivity contribution in [2.45, 2.75) is 43.8 Å². The molecule has 3 aliphatic rings. The van der Waals surface area contributed by atoms with Gasteiger partial charge in [0.2, 0.25) is 5.91 Å². The Labute approximate surface area is 133 Å². The molecule has 5 nitrogen and oxygen atoms in total. The van der Waals surface area contributed by atoms with E-state index >= 15 is 0 Å². The zero-order valence-electron chi connectivity index (χ0n) is 11.7. The molecular formula is C13H25Cl2N3O2. The van der Waals surface area contributed by atoms with Gasteiger partial charge in [0.15, 0.2) is 0 Å². The van der Waals surface area contributed by atoms with Crippen LogP contribution in [0.25, 0.3) is 0 Å². The highest BCUT2D eigenvalue weighted by molar-refractivity contribution is 5.85. The molecular weight excluding hydrogens is 301 g/mol. The van der Waals surface area contributed by atoms with Crippen molar-refractivity contribution in [1.29, 1.82) is 0 Å². The highest BCUT2D eigenvalue weighted by atomic mass is 35.5. The summed E-state index contributed by atoms with van der Waals surface area (Å²) in [6.45, 7) is 4.39. The van der Waals surface area contributed by atoms with Gasteiger partial charge >= 0.3 is 0 Å². The second-order valence-electron chi connectivity index (χ2n) is 5.64. The Kier molecular flexibility index (Phi) is 7.54. The summed E-state index contributed by atoms with van der Waals surface area (Å²) in [6.07, 6.45) is 4.84. The first-order chi connectivity index (χ1) is 8.83. The Balaban J connectivity index is 0.000001000. The third-order valence-electron chi connectivity index (χ3n) is 4.40. The van der Waals surface area contributed by atoms with E-state index in [1.54, 1.807) is 0 Å². The summed E-state index contributed by atoms with van der Waals surface area (Å²) in [7, 11) is 0. The van der Waals surface area contributed by atoms with Crippen molar-refractivity contribution in [2.75, 3.05) is 32.8 Å². The van der Waals surface area contributed by atoms with Crippen molar-refractivity contribution in [3.8, 4) is 0 Å². The van der Waals surface area contributed by atoms with E-state index in [0.29, 0.717) is 25.3 Å². The summed E-state index contributed by atoms with van der Waals surface area (Å²) in [4.78, 5) is 14.7. The van der Waals surface area contributed by atoms with E-state index in [1.807, 2.05) is 0 Å². The van der Waals surface area contributed by atoms with E-state index in [1.165, 1.54) is 19.4 Å². The minimum atomic E-state index is -0.152. The Morgan fingerprint density at radius 2 is 2.10 bits per heavy atom. The van der Waals surface area contributed by atoms with Gasteiger partial charge in [-0.3, -0.25) is 4.79 Å². The molecule has 3 unspecified atom stereocenters. The van der Waals surface area contributed by atoms with Crippen LogP contribution in [0.15, 0.2) is 0 Å².